The number of aromatic nitrogens is 2. The number of amides is 2. The summed E-state index contributed by atoms with van der Waals surface area (Å²) in [5.41, 5.74) is 0.521. The van der Waals surface area contributed by atoms with Crippen molar-refractivity contribution < 1.29 is 18.7 Å². The third kappa shape index (κ3) is 3.08. The van der Waals surface area contributed by atoms with Crippen molar-refractivity contribution in [1.29, 1.82) is 0 Å². The molecule has 0 N–H and O–H groups in total. The summed E-state index contributed by atoms with van der Waals surface area (Å²) in [6.45, 7) is 3.35. The Balaban J connectivity index is 1.64. The van der Waals surface area contributed by atoms with E-state index < -0.39 is 0 Å². The second-order valence-electron chi connectivity index (χ2n) is 5.41. The van der Waals surface area contributed by atoms with Gasteiger partial charge in [-0.3, -0.25) is 9.59 Å². The Morgan fingerprint density at radius 2 is 1.67 bits per heavy atom. The van der Waals surface area contributed by atoms with Gasteiger partial charge < -0.3 is 19.0 Å². The van der Waals surface area contributed by atoms with Crippen molar-refractivity contribution in [3.05, 3.63) is 41.6 Å². The van der Waals surface area contributed by atoms with Crippen molar-refractivity contribution in [1.82, 2.24) is 20.0 Å². The highest BCUT2D eigenvalue weighted by Crippen LogP contribution is 2.20. The summed E-state index contributed by atoms with van der Waals surface area (Å²) in [4.78, 5) is 28.2. The fraction of sp³-hybridized carbons (Fsp3) is 0.375. The Morgan fingerprint density at radius 1 is 1.04 bits per heavy atom. The maximum Gasteiger partial charge on any atom is 0.311 e. The van der Waals surface area contributed by atoms with Gasteiger partial charge in [0.2, 0.25) is 5.89 Å². The molecule has 1 aliphatic heterocycles. The van der Waals surface area contributed by atoms with E-state index in [2.05, 4.69) is 10.2 Å². The van der Waals surface area contributed by atoms with Crippen LogP contribution in [0, 0.1) is 6.92 Å². The monoisotopic (exact) mass is 330 g/mol. The molecular weight excluding hydrogens is 312 g/mol. The van der Waals surface area contributed by atoms with Crippen LogP contribution in [0.2, 0.25) is 0 Å². The molecule has 0 atom stereocenters. The Kier molecular flexibility index (Phi) is 4.45. The Labute approximate surface area is 139 Å². The fourth-order valence-electron chi connectivity index (χ4n) is 2.62. The molecule has 0 spiro atoms. The van der Waals surface area contributed by atoms with Crippen LogP contribution in [0.3, 0.4) is 0 Å². The molecule has 0 unspecified atom stereocenters. The highest BCUT2D eigenvalue weighted by Gasteiger charge is 2.28. The zero-order chi connectivity index (χ0) is 17.1. The van der Waals surface area contributed by atoms with E-state index in [4.69, 9.17) is 9.15 Å². The topological polar surface area (TPSA) is 88.8 Å². The lowest BCUT2D eigenvalue weighted by Gasteiger charge is -2.34. The van der Waals surface area contributed by atoms with Crippen molar-refractivity contribution in [3.63, 3.8) is 0 Å². The standard InChI is InChI=1S/C16H18N4O4/c1-11-17-18-14(24-11)16(22)20-9-7-19(8-10-20)15(21)12-5-3-4-6-13(12)23-2/h3-6H,7-10H2,1-2H3. The number of aryl methyl sites for hydroxylation is 1. The first kappa shape index (κ1) is 16.0. The molecular formula is C16H18N4O4. The molecule has 24 heavy (non-hydrogen) atoms. The molecule has 8 nitrogen and oxygen atoms in total. The predicted molar refractivity (Wildman–Crippen MR) is 83.8 cm³/mol. The molecule has 8 heteroatoms. The molecule has 2 amide bonds. The number of ether oxygens (including phenoxy) is 1. The van der Waals surface area contributed by atoms with Crippen LogP contribution < -0.4 is 4.74 Å². The van der Waals surface area contributed by atoms with Crippen LogP contribution >= 0.6 is 0 Å². The number of hydrogen-bond donors (Lipinski definition) is 0. The molecule has 0 radical (unpaired) electrons. The number of piperazine rings is 1. The highest BCUT2D eigenvalue weighted by molar-refractivity contribution is 5.97. The molecule has 0 saturated carbocycles. The summed E-state index contributed by atoms with van der Waals surface area (Å²) in [7, 11) is 1.54. The van der Waals surface area contributed by atoms with Gasteiger partial charge in [-0.2, -0.15) is 0 Å². The zero-order valence-corrected chi connectivity index (χ0v) is 13.6. The van der Waals surface area contributed by atoms with Gasteiger partial charge in [0.05, 0.1) is 12.7 Å². The van der Waals surface area contributed by atoms with Gasteiger partial charge in [-0.15, -0.1) is 10.2 Å². The summed E-state index contributed by atoms with van der Waals surface area (Å²) in [5.74, 6) is 0.468. The first-order valence-corrected chi connectivity index (χ1v) is 7.62. The van der Waals surface area contributed by atoms with Crippen molar-refractivity contribution >= 4 is 11.8 Å². The molecule has 0 bridgehead atoms. The molecule has 126 valence electrons. The Morgan fingerprint density at radius 3 is 2.25 bits per heavy atom. The molecule has 2 aromatic rings. The van der Waals surface area contributed by atoms with Gasteiger partial charge in [-0.05, 0) is 12.1 Å². The summed E-state index contributed by atoms with van der Waals surface area (Å²) < 4.78 is 10.4. The minimum absolute atomic E-state index is 0.0167. The van der Waals surface area contributed by atoms with Gasteiger partial charge in [0, 0.05) is 33.1 Å². The molecule has 1 saturated heterocycles. The number of hydrogen-bond acceptors (Lipinski definition) is 6. The number of para-hydroxylation sites is 1. The zero-order valence-electron chi connectivity index (χ0n) is 13.6. The quantitative estimate of drug-likeness (QED) is 0.834. The minimum atomic E-state index is -0.306. The van der Waals surface area contributed by atoms with E-state index in [0.717, 1.165) is 0 Å². The first-order chi connectivity index (χ1) is 11.6. The second kappa shape index (κ2) is 6.69. The third-order valence-corrected chi connectivity index (χ3v) is 3.90. The molecule has 0 aliphatic carbocycles. The number of benzene rings is 1. The van der Waals surface area contributed by atoms with Crippen LogP contribution in [-0.2, 0) is 0 Å². The van der Waals surface area contributed by atoms with Gasteiger partial charge in [0.25, 0.3) is 5.91 Å². The lowest BCUT2D eigenvalue weighted by atomic mass is 10.1. The Hall–Kier alpha value is -2.90. The summed E-state index contributed by atoms with van der Waals surface area (Å²) >= 11 is 0. The lowest BCUT2D eigenvalue weighted by molar-refractivity contribution is 0.0511. The normalized spacial score (nSPS) is 14.6. The average Bonchev–Trinajstić information content (AvgIpc) is 3.07. The van der Waals surface area contributed by atoms with Crippen molar-refractivity contribution in [2.75, 3.05) is 33.3 Å². The van der Waals surface area contributed by atoms with E-state index in [1.165, 1.54) is 7.11 Å². The van der Waals surface area contributed by atoms with Crippen LogP contribution in [0.25, 0.3) is 0 Å². The van der Waals surface area contributed by atoms with E-state index >= 15 is 0 Å². The highest BCUT2D eigenvalue weighted by atomic mass is 16.5. The molecule has 3 rings (SSSR count). The number of methoxy groups -OCH3 is 1. The van der Waals surface area contributed by atoms with Crippen LogP contribution in [0.4, 0.5) is 0 Å². The summed E-state index contributed by atoms with van der Waals surface area (Å²) in [5, 5.41) is 7.40. The van der Waals surface area contributed by atoms with Gasteiger partial charge >= 0.3 is 11.8 Å². The van der Waals surface area contributed by atoms with Crippen molar-refractivity contribution in [2.24, 2.45) is 0 Å². The maximum atomic E-state index is 12.6. The van der Waals surface area contributed by atoms with Crippen LogP contribution in [0.5, 0.6) is 5.75 Å². The summed E-state index contributed by atoms with van der Waals surface area (Å²) in [6.07, 6.45) is 0. The molecule has 2 heterocycles. The largest absolute Gasteiger partial charge is 0.496 e. The van der Waals surface area contributed by atoms with E-state index in [1.54, 1.807) is 34.9 Å². The predicted octanol–water partition coefficient (Wildman–Crippen LogP) is 0.985. The van der Waals surface area contributed by atoms with E-state index in [-0.39, 0.29) is 17.7 Å². The minimum Gasteiger partial charge on any atom is -0.496 e. The van der Waals surface area contributed by atoms with Crippen LogP contribution in [-0.4, -0.2) is 65.1 Å². The molecule has 1 aromatic carbocycles. The van der Waals surface area contributed by atoms with Crippen molar-refractivity contribution in [3.8, 4) is 5.75 Å². The number of nitrogens with zero attached hydrogens (tertiary/aromatic N) is 4. The van der Waals surface area contributed by atoms with Crippen LogP contribution in [0.1, 0.15) is 26.9 Å². The average molecular weight is 330 g/mol. The lowest BCUT2D eigenvalue weighted by Crippen LogP contribution is -2.50. The number of carbonyl (C=O) groups excluding carboxylic acids is 2. The van der Waals surface area contributed by atoms with Crippen molar-refractivity contribution in [2.45, 2.75) is 6.92 Å². The van der Waals surface area contributed by atoms with Gasteiger partial charge in [-0.25, -0.2) is 0 Å². The molecule has 1 fully saturated rings. The SMILES string of the molecule is COc1ccccc1C(=O)N1CCN(C(=O)c2nnc(C)o2)CC1. The number of rotatable bonds is 3. The van der Waals surface area contributed by atoms with Gasteiger partial charge in [0.15, 0.2) is 0 Å². The fourth-order valence-corrected chi connectivity index (χ4v) is 2.62. The number of carbonyl (C=O) groups is 2. The van der Waals surface area contributed by atoms with Gasteiger partial charge in [0.1, 0.15) is 5.75 Å². The second-order valence-corrected chi connectivity index (χ2v) is 5.41. The first-order valence-electron chi connectivity index (χ1n) is 7.62. The van der Waals surface area contributed by atoms with Crippen LogP contribution in [0.15, 0.2) is 28.7 Å². The van der Waals surface area contributed by atoms with E-state index in [1.807, 2.05) is 6.07 Å². The smallest absolute Gasteiger partial charge is 0.311 e. The maximum absolute atomic E-state index is 12.6. The molecule has 1 aromatic heterocycles. The molecule has 1 aliphatic rings. The van der Waals surface area contributed by atoms with Gasteiger partial charge in [-0.1, -0.05) is 12.1 Å². The third-order valence-electron chi connectivity index (χ3n) is 3.90. The summed E-state index contributed by atoms with van der Waals surface area (Å²) in [6, 6.07) is 7.11. The van der Waals surface area contributed by atoms with E-state index in [0.29, 0.717) is 43.4 Å². The Bertz CT molecular complexity index is 750. The van der Waals surface area contributed by atoms with E-state index in [9.17, 15) is 9.59 Å².